The van der Waals surface area contributed by atoms with Crippen molar-refractivity contribution in [3.05, 3.63) is 64.1 Å². The van der Waals surface area contributed by atoms with E-state index in [1.807, 2.05) is 20.8 Å². The van der Waals surface area contributed by atoms with E-state index in [-0.39, 0.29) is 23.3 Å². The van der Waals surface area contributed by atoms with Gasteiger partial charge < -0.3 is 10.2 Å². The number of rotatable bonds is 11. The van der Waals surface area contributed by atoms with Crippen molar-refractivity contribution in [2.24, 2.45) is 5.92 Å². The van der Waals surface area contributed by atoms with E-state index in [9.17, 15) is 18.0 Å². The zero-order chi connectivity index (χ0) is 25.5. The van der Waals surface area contributed by atoms with E-state index in [2.05, 4.69) is 5.32 Å². The lowest BCUT2D eigenvalue weighted by atomic mass is 10.1. The molecule has 34 heavy (non-hydrogen) atoms. The summed E-state index contributed by atoms with van der Waals surface area (Å²) in [7, 11) is -2.59. The summed E-state index contributed by atoms with van der Waals surface area (Å²) >= 11 is 11.8. The van der Waals surface area contributed by atoms with Gasteiger partial charge in [-0.05, 0) is 54.3 Å². The van der Waals surface area contributed by atoms with E-state index in [1.54, 1.807) is 24.3 Å². The molecule has 0 fully saturated rings. The number of nitrogens with one attached hydrogen (secondary N) is 1. The molecular formula is C24H31Cl2N3O4S. The number of hydrogen-bond donors (Lipinski definition) is 1. The zero-order valence-electron chi connectivity index (χ0n) is 19.8. The highest BCUT2D eigenvalue weighted by Gasteiger charge is 2.31. The number of amides is 2. The SMILES string of the molecule is CC[C@@H](C(=O)NCC(C)C)N(Cc1ccc(Cl)cc1)C(=O)CN(C)S(=O)(=O)c1ccc(Cl)cc1. The minimum atomic E-state index is -3.93. The van der Waals surface area contributed by atoms with Crippen LogP contribution in [0.15, 0.2) is 53.4 Å². The van der Waals surface area contributed by atoms with Crippen molar-refractivity contribution < 1.29 is 18.0 Å². The Kier molecular flexibility index (Phi) is 10.4. The highest BCUT2D eigenvalue weighted by atomic mass is 35.5. The molecule has 0 aromatic heterocycles. The van der Waals surface area contributed by atoms with Crippen molar-refractivity contribution in [2.45, 2.75) is 44.7 Å². The summed E-state index contributed by atoms with van der Waals surface area (Å²) in [5, 5.41) is 3.84. The predicted octanol–water partition coefficient (Wildman–Crippen LogP) is 4.19. The van der Waals surface area contributed by atoms with Crippen LogP contribution in [0.5, 0.6) is 0 Å². The molecule has 0 saturated carbocycles. The van der Waals surface area contributed by atoms with Crippen molar-refractivity contribution >= 4 is 45.0 Å². The van der Waals surface area contributed by atoms with Gasteiger partial charge in [0, 0.05) is 30.2 Å². The molecule has 0 unspecified atom stereocenters. The van der Waals surface area contributed by atoms with Crippen molar-refractivity contribution in [3.8, 4) is 0 Å². The minimum Gasteiger partial charge on any atom is -0.354 e. The quantitative estimate of drug-likeness (QED) is 0.474. The molecule has 0 aliphatic rings. The van der Waals surface area contributed by atoms with Crippen molar-refractivity contribution in [1.82, 2.24) is 14.5 Å². The van der Waals surface area contributed by atoms with Gasteiger partial charge in [-0.25, -0.2) is 8.42 Å². The Balaban J connectivity index is 2.30. The highest BCUT2D eigenvalue weighted by Crippen LogP contribution is 2.19. The zero-order valence-corrected chi connectivity index (χ0v) is 22.1. The lowest BCUT2D eigenvalue weighted by Gasteiger charge is -2.32. The monoisotopic (exact) mass is 527 g/mol. The van der Waals surface area contributed by atoms with Gasteiger partial charge >= 0.3 is 0 Å². The molecule has 0 aliphatic heterocycles. The van der Waals surface area contributed by atoms with E-state index in [4.69, 9.17) is 23.2 Å². The third-order valence-electron chi connectivity index (χ3n) is 5.22. The number of sulfonamides is 1. The Morgan fingerprint density at radius 2 is 1.50 bits per heavy atom. The van der Waals surface area contributed by atoms with Gasteiger partial charge in [0.15, 0.2) is 0 Å². The Morgan fingerprint density at radius 1 is 0.971 bits per heavy atom. The fourth-order valence-electron chi connectivity index (χ4n) is 3.28. The first-order valence-electron chi connectivity index (χ1n) is 11.0. The molecule has 186 valence electrons. The van der Waals surface area contributed by atoms with Gasteiger partial charge in [-0.3, -0.25) is 9.59 Å². The molecular weight excluding hydrogens is 497 g/mol. The number of hydrogen-bond acceptors (Lipinski definition) is 4. The van der Waals surface area contributed by atoms with Gasteiger partial charge in [0.2, 0.25) is 21.8 Å². The van der Waals surface area contributed by atoms with Crippen LogP contribution in [0.2, 0.25) is 10.0 Å². The number of carbonyl (C=O) groups is 2. The molecule has 2 amide bonds. The maximum Gasteiger partial charge on any atom is 0.243 e. The topological polar surface area (TPSA) is 86.8 Å². The summed E-state index contributed by atoms with van der Waals surface area (Å²) < 4.78 is 26.9. The van der Waals surface area contributed by atoms with Crippen LogP contribution in [-0.2, 0) is 26.2 Å². The van der Waals surface area contributed by atoms with Crippen LogP contribution in [0.4, 0.5) is 0 Å². The number of nitrogens with zero attached hydrogens (tertiary/aromatic N) is 2. The number of halogens is 2. The lowest BCUT2D eigenvalue weighted by Crippen LogP contribution is -2.52. The molecule has 2 rings (SSSR count). The van der Waals surface area contributed by atoms with Gasteiger partial charge in [0.05, 0.1) is 11.4 Å². The highest BCUT2D eigenvalue weighted by molar-refractivity contribution is 7.89. The second-order valence-electron chi connectivity index (χ2n) is 8.43. The summed E-state index contributed by atoms with van der Waals surface area (Å²) in [6.07, 6.45) is 0.372. The van der Waals surface area contributed by atoms with E-state index >= 15 is 0 Å². The second kappa shape index (κ2) is 12.5. The minimum absolute atomic E-state index is 0.0261. The molecule has 2 aromatic rings. The molecule has 0 aliphatic carbocycles. The Bertz CT molecular complexity index is 1070. The first-order valence-corrected chi connectivity index (χ1v) is 13.2. The maximum absolute atomic E-state index is 13.4. The number of benzene rings is 2. The van der Waals surface area contributed by atoms with Gasteiger partial charge in [-0.15, -0.1) is 0 Å². The van der Waals surface area contributed by atoms with E-state index < -0.39 is 28.5 Å². The van der Waals surface area contributed by atoms with Gasteiger partial charge in [-0.1, -0.05) is 56.1 Å². The molecule has 0 saturated heterocycles. The maximum atomic E-state index is 13.4. The smallest absolute Gasteiger partial charge is 0.243 e. The van der Waals surface area contributed by atoms with Crippen LogP contribution in [0.25, 0.3) is 0 Å². The molecule has 0 radical (unpaired) electrons. The van der Waals surface area contributed by atoms with Crippen LogP contribution in [-0.4, -0.2) is 55.6 Å². The molecule has 10 heteroatoms. The molecule has 0 heterocycles. The average Bonchev–Trinajstić information content (AvgIpc) is 2.79. The fraction of sp³-hybridized carbons (Fsp3) is 0.417. The van der Waals surface area contributed by atoms with Crippen LogP contribution < -0.4 is 5.32 Å². The number of carbonyl (C=O) groups excluding carboxylic acids is 2. The lowest BCUT2D eigenvalue weighted by molar-refractivity contribution is -0.141. The Labute approximate surface area is 212 Å². The molecule has 1 N–H and O–H groups in total. The third kappa shape index (κ3) is 7.70. The van der Waals surface area contributed by atoms with Crippen molar-refractivity contribution in [3.63, 3.8) is 0 Å². The van der Waals surface area contributed by atoms with E-state index in [0.29, 0.717) is 23.0 Å². The third-order valence-corrected chi connectivity index (χ3v) is 7.54. The van der Waals surface area contributed by atoms with Gasteiger partial charge in [0.1, 0.15) is 6.04 Å². The molecule has 1 atom stereocenters. The van der Waals surface area contributed by atoms with Crippen LogP contribution >= 0.6 is 23.2 Å². The molecule has 0 spiro atoms. The van der Waals surface area contributed by atoms with Crippen molar-refractivity contribution in [1.29, 1.82) is 0 Å². The first-order chi connectivity index (χ1) is 15.9. The first kappa shape index (κ1) is 28.1. The molecule has 7 nitrogen and oxygen atoms in total. The normalized spacial score (nSPS) is 12.6. The molecule has 0 bridgehead atoms. The predicted molar refractivity (Wildman–Crippen MR) is 135 cm³/mol. The summed E-state index contributed by atoms with van der Waals surface area (Å²) in [6, 6.07) is 11.9. The van der Waals surface area contributed by atoms with Gasteiger partial charge in [0.25, 0.3) is 0 Å². The molecule has 2 aromatic carbocycles. The van der Waals surface area contributed by atoms with Gasteiger partial charge in [-0.2, -0.15) is 4.31 Å². The number of likely N-dealkylation sites (N-methyl/N-ethyl adjacent to an activating group) is 1. The summed E-state index contributed by atoms with van der Waals surface area (Å²) in [5.41, 5.74) is 0.774. The van der Waals surface area contributed by atoms with Crippen LogP contribution in [0.1, 0.15) is 32.8 Å². The Hall–Kier alpha value is -2.13. The Morgan fingerprint density at radius 3 is 2.00 bits per heavy atom. The summed E-state index contributed by atoms with van der Waals surface area (Å²) in [4.78, 5) is 27.8. The van der Waals surface area contributed by atoms with Crippen molar-refractivity contribution in [2.75, 3.05) is 20.1 Å². The fourth-order valence-corrected chi connectivity index (χ4v) is 4.65. The van der Waals surface area contributed by atoms with Crippen LogP contribution in [0, 0.1) is 5.92 Å². The van der Waals surface area contributed by atoms with Crippen LogP contribution in [0.3, 0.4) is 0 Å². The largest absolute Gasteiger partial charge is 0.354 e. The second-order valence-corrected chi connectivity index (χ2v) is 11.3. The standard InChI is InChI=1S/C24H31Cl2N3O4S/c1-5-22(24(31)27-14-17(2)3)29(15-18-6-8-19(25)9-7-18)23(30)16-28(4)34(32,33)21-12-10-20(26)11-13-21/h6-13,17,22H,5,14-16H2,1-4H3,(H,27,31)/t22-/m0/s1. The summed E-state index contributed by atoms with van der Waals surface area (Å²) in [6.45, 7) is 5.97. The van der Waals surface area contributed by atoms with E-state index in [1.165, 1.54) is 36.2 Å². The average molecular weight is 529 g/mol. The summed E-state index contributed by atoms with van der Waals surface area (Å²) in [5.74, 6) is -0.513. The van der Waals surface area contributed by atoms with E-state index in [0.717, 1.165) is 9.87 Å².